The molecule has 3 heterocycles. The number of para-hydroxylation sites is 4. The first-order chi connectivity index (χ1) is 31.2. The van der Waals surface area contributed by atoms with E-state index in [2.05, 4.69) is 179 Å². The van der Waals surface area contributed by atoms with Crippen LogP contribution in [0.1, 0.15) is 0 Å². The maximum absolute atomic E-state index is 6.56. The van der Waals surface area contributed by atoms with E-state index in [1.54, 1.807) is 0 Å². The Bertz CT molecular complexity index is 3600. The highest BCUT2D eigenvalue weighted by Gasteiger charge is 2.22. The maximum atomic E-state index is 6.56. The molecule has 0 aliphatic rings. The van der Waals surface area contributed by atoms with Crippen molar-refractivity contribution >= 4 is 60.8 Å². The van der Waals surface area contributed by atoms with Crippen molar-refractivity contribution in [2.75, 3.05) is 4.90 Å². The molecule has 6 nitrogen and oxygen atoms in total. The Morgan fingerprint density at radius 3 is 1.63 bits per heavy atom. The molecule has 63 heavy (non-hydrogen) atoms. The summed E-state index contributed by atoms with van der Waals surface area (Å²) >= 11 is 0. The number of benzene rings is 9. The summed E-state index contributed by atoms with van der Waals surface area (Å²) in [6, 6.07) is 78.0. The number of rotatable bonds is 8. The summed E-state index contributed by atoms with van der Waals surface area (Å²) in [5.41, 5.74) is 13.1. The van der Waals surface area contributed by atoms with Gasteiger partial charge in [-0.05, 0) is 70.8 Å². The lowest BCUT2D eigenvalue weighted by Crippen LogP contribution is -2.10. The van der Waals surface area contributed by atoms with Crippen molar-refractivity contribution in [2.45, 2.75) is 0 Å². The van der Waals surface area contributed by atoms with Crippen LogP contribution in [-0.4, -0.2) is 19.5 Å². The van der Waals surface area contributed by atoms with Gasteiger partial charge < -0.3 is 9.32 Å². The summed E-state index contributed by atoms with van der Waals surface area (Å²) < 4.78 is 8.74. The molecule has 3 aromatic heterocycles. The molecule has 0 atom stereocenters. The largest absolute Gasteiger partial charge is 0.454 e. The monoisotopic (exact) mass is 807 g/mol. The highest BCUT2D eigenvalue weighted by Crippen LogP contribution is 2.44. The van der Waals surface area contributed by atoms with Gasteiger partial charge in [0.1, 0.15) is 5.58 Å². The van der Waals surface area contributed by atoms with E-state index >= 15 is 0 Å². The van der Waals surface area contributed by atoms with Crippen LogP contribution in [-0.2, 0) is 0 Å². The molecule has 0 fully saturated rings. The van der Waals surface area contributed by atoms with E-state index in [-0.39, 0.29) is 0 Å². The second-order valence-corrected chi connectivity index (χ2v) is 15.6. The topological polar surface area (TPSA) is 60.0 Å². The minimum absolute atomic E-state index is 0.558. The molecule has 12 aromatic rings. The summed E-state index contributed by atoms with van der Waals surface area (Å²) in [6.07, 6.45) is 0. The van der Waals surface area contributed by atoms with Crippen molar-refractivity contribution in [3.8, 4) is 51.0 Å². The highest BCUT2D eigenvalue weighted by molar-refractivity contribution is 6.16. The molecule has 0 bridgehead atoms. The Morgan fingerprint density at radius 1 is 0.365 bits per heavy atom. The third-order valence-electron chi connectivity index (χ3n) is 11.9. The number of anilines is 3. The Morgan fingerprint density at radius 2 is 0.889 bits per heavy atom. The van der Waals surface area contributed by atoms with Gasteiger partial charge in [0.2, 0.25) is 5.95 Å². The Hall–Kier alpha value is -8.61. The molecule has 0 unspecified atom stereocenters. The standard InChI is InChI=1S/C57H37N5O/c1-4-16-38(17-5-1)39-30-32-42(33-31-39)56-58-55(41-18-6-2-7-19-41)59-57(60-56)62-49-26-12-10-23-48(49)53-45(24-14-27-50(53)62)40-34-36-44(37-35-40)61(43-20-8-3-9-21-43)51-28-15-25-47-46-22-11-13-29-52(46)63-54(47)51/h1-37H. The predicted molar refractivity (Wildman–Crippen MR) is 258 cm³/mol. The van der Waals surface area contributed by atoms with Crippen molar-refractivity contribution in [1.82, 2.24) is 19.5 Å². The van der Waals surface area contributed by atoms with Gasteiger partial charge in [0, 0.05) is 44.0 Å². The maximum Gasteiger partial charge on any atom is 0.238 e. The van der Waals surface area contributed by atoms with Crippen molar-refractivity contribution in [3.63, 3.8) is 0 Å². The third-order valence-corrected chi connectivity index (χ3v) is 11.9. The second kappa shape index (κ2) is 15.1. The summed E-state index contributed by atoms with van der Waals surface area (Å²) in [5.74, 6) is 1.78. The van der Waals surface area contributed by atoms with Gasteiger partial charge in [-0.25, -0.2) is 4.98 Å². The molecule has 9 aromatic carbocycles. The Kier molecular flexibility index (Phi) is 8.71. The van der Waals surface area contributed by atoms with Crippen molar-refractivity contribution in [1.29, 1.82) is 0 Å². The average molecular weight is 808 g/mol. The van der Waals surface area contributed by atoms with E-state index < -0.39 is 0 Å². The number of hydrogen-bond donors (Lipinski definition) is 0. The number of hydrogen-bond acceptors (Lipinski definition) is 5. The fourth-order valence-electron chi connectivity index (χ4n) is 8.93. The zero-order valence-electron chi connectivity index (χ0n) is 34.0. The molecule has 0 saturated heterocycles. The lowest BCUT2D eigenvalue weighted by Gasteiger charge is -2.25. The lowest BCUT2D eigenvalue weighted by molar-refractivity contribution is 0.669. The van der Waals surface area contributed by atoms with Crippen LogP contribution in [0.2, 0.25) is 0 Å². The Balaban J connectivity index is 0.997. The minimum atomic E-state index is 0.558. The molecular formula is C57H37N5O. The summed E-state index contributed by atoms with van der Waals surface area (Å²) in [4.78, 5) is 17.8. The normalized spacial score (nSPS) is 11.5. The van der Waals surface area contributed by atoms with Gasteiger partial charge in [-0.15, -0.1) is 0 Å². The molecule has 0 saturated carbocycles. The molecule has 0 N–H and O–H groups in total. The van der Waals surface area contributed by atoms with Crippen LogP contribution in [0.5, 0.6) is 0 Å². The smallest absolute Gasteiger partial charge is 0.238 e. The first-order valence-corrected chi connectivity index (χ1v) is 21.1. The van der Waals surface area contributed by atoms with E-state index in [0.29, 0.717) is 17.6 Å². The van der Waals surface area contributed by atoms with Crippen LogP contribution >= 0.6 is 0 Å². The number of nitrogens with zero attached hydrogens (tertiary/aromatic N) is 5. The van der Waals surface area contributed by atoms with Gasteiger partial charge in [-0.3, -0.25) is 4.57 Å². The van der Waals surface area contributed by atoms with E-state index in [9.17, 15) is 0 Å². The zero-order valence-corrected chi connectivity index (χ0v) is 34.0. The molecule has 12 rings (SSSR count). The first kappa shape index (κ1) is 36.3. The van der Waals surface area contributed by atoms with E-state index in [4.69, 9.17) is 19.4 Å². The van der Waals surface area contributed by atoms with Gasteiger partial charge in [0.25, 0.3) is 0 Å². The van der Waals surface area contributed by atoms with Crippen LogP contribution in [0.3, 0.4) is 0 Å². The third kappa shape index (κ3) is 6.32. The van der Waals surface area contributed by atoms with E-state index in [0.717, 1.165) is 94.2 Å². The highest BCUT2D eigenvalue weighted by atomic mass is 16.3. The first-order valence-electron chi connectivity index (χ1n) is 21.1. The quantitative estimate of drug-likeness (QED) is 0.153. The van der Waals surface area contributed by atoms with Crippen molar-refractivity contribution in [2.24, 2.45) is 0 Å². The number of fused-ring (bicyclic) bond motifs is 6. The summed E-state index contributed by atoms with van der Waals surface area (Å²) in [6.45, 7) is 0. The van der Waals surface area contributed by atoms with Crippen molar-refractivity contribution < 1.29 is 4.42 Å². The second-order valence-electron chi connectivity index (χ2n) is 15.6. The minimum Gasteiger partial charge on any atom is -0.454 e. The molecule has 296 valence electrons. The van der Waals surface area contributed by atoms with E-state index in [1.165, 1.54) is 0 Å². The van der Waals surface area contributed by atoms with Crippen molar-refractivity contribution in [3.05, 3.63) is 224 Å². The lowest BCUT2D eigenvalue weighted by atomic mass is 9.99. The molecule has 6 heteroatoms. The van der Waals surface area contributed by atoms with Crippen LogP contribution < -0.4 is 4.90 Å². The fraction of sp³-hybridized carbons (Fsp3) is 0. The SMILES string of the molecule is c1ccc(-c2ccc(-c3nc(-c4ccccc4)nc(-n4c5ccccc5c5c(-c6ccc(N(c7ccccc7)c7cccc8c7oc7ccccc78)cc6)cccc54)n3)cc2)cc1. The molecule has 0 aliphatic heterocycles. The molecular weight excluding hydrogens is 771 g/mol. The summed E-state index contributed by atoms with van der Waals surface area (Å²) in [5, 5.41) is 4.44. The van der Waals surface area contributed by atoms with Crippen LogP contribution in [0.4, 0.5) is 17.1 Å². The van der Waals surface area contributed by atoms with Crippen LogP contribution in [0.25, 0.3) is 94.7 Å². The fourth-order valence-corrected chi connectivity index (χ4v) is 8.93. The number of aromatic nitrogens is 4. The molecule has 0 amide bonds. The number of furan rings is 1. The van der Waals surface area contributed by atoms with Crippen LogP contribution in [0, 0.1) is 0 Å². The molecule has 0 spiro atoms. The van der Waals surface area contributed by atoms with E-state index in [1.807, 2.05) is 54.6 Å². The van der Waals surface area contributed by atoms with Gasteiger partial charge >= 0.3 is 0 Å². The average Bonchev–Trinajstić information content (AvgIpc) is 3.92. The van der Waals surface area contributed by atoms with Gasteiger partial charge in [-0.2, -0.15) is 9.97 Å². The van der Waals surface area contributed by atoms with Crippen LogP contribution in [0.15, 0.2) is 229 Å². The van der Waals surface area contributed by atoms with Gasteiger partial charge in [0.05, 0.1) is 16.7 Å². The predicted octanol–water partition coefficient (Wildman–Crippen LogP) is 15.0. The summed E-state index contributed by atoms with van der Waals surface area (Å²) in [7, 11) is 0. The molecule has 0 radical (unpaired) electrons. The molecule has 0 aliphatic carbocycles. The Labute approximate surface area is 363 Å². The zero-order chi connectivity index (χ0) is 41.7. The van der Waals surface area contributed by atoms with Gasteiger partial charge in [0.15, 0.2) is 17.2 Å². The van der Waals surface area contributed by atoms with Gasteiger partial charge in [-0.1, -0.05) is 176 Å².